The van der Waals surface area contributed by atoms with Crippen LogP contribution < -0.4 is 5.32 Å². The quantitative estimate of drug-likeness (QED) is 0.862. The molecule has 90 valence electrons. The third-order valence-electron chi connectivity index (χ3n) is 1.74. The highest BCUT2D eigenvalue weighted by Crippen LogP contribution is 2.24. The first-order valence-electron chi connectivity index (χ1n) is 4.50. The van der Waals surface area contributed by atoms with Gasteiger partial charge in [0.15, 0.2) is 0 Å². The van der Waals surface area contributed by atoms with Gasteiger partial charge < -0.3 is 5.32 Å². The summed E-state index contributed by atoms with van der Waals surface area (Å²) < 4.78 is 26.6. The molecule has 0 fully saturated rings. The Morgan fingerprint density at radius 3 is 2.38 bits per heavy atom. The summed E-state index contributed by atoms with van der Waals surface area (Å²) in [6, 6.07) is 0. The lowest BCUT2D eigenvalue weighted by Crippen LogP contribution is -2.28. The van der Waals surface area contributed by atoms with E-state index in [4.69, 9.17) is 0 Å². The van der Waals surface area contributed by atoms with Gasteiger partial charge in [0, 0.05) is 18.5 Å². The van der Waals surface area contributed by atoms with Gasteiger partial charge in [0.05, 0.1) is 4.75 Å². The molecule has 0 radical (unpaired) electrons. The topological polar surface area (TPSA) is 89.0 Å². The minimum atomic E-state index is -3.55. The average Bonchev–Trinajstić information content (AvgIpc) is 2.49. The number of nitrogens with zero attached hydrogens (tertiary/aromatic N) is 2. The van der Waals surface area contributed by atoms with E-state index in [1.165, 1.54) is 6.92 Å². The molecule has 1 aromatic rings. The van der Waals surface area contributed by atoms with Crippen molar-refractivity contribution in [2.75, 3.05) is 5.32 Å². The number of hydrogen-bond donors (Lipinski definition) is 1. The maximum Gasteiger partial charge on any atom is 0.261 e. The maximum absolute atomic E-state index is 11.9. The van der Waals surface area contributed by atoms with Gasteiger partial charge in [0.1, 0.15) is 0 Å². The SMILES string of the molecule is CC(=O)Nc1nc(S(=O)(=O)C(C)(C)C)ns1. The maximum atomic E-state index is 11.9. The second-order valence-corrected chi connectivity index (χ2v) is 7.53. The Labute approximate surface area is 98.2 Å². The lowest BCUT2D eigenvalue weighted by molar-refractivity contribution is -0.114. The highest BCUT2D eigenvalue weighted by Gasteiger charge is 2.34. The van der Waals surface area contributed by atoms with E-state index in [0.717, 1.165) is 11.5 Å². The van der Waals surface area contributed by atoms with E-state index in [9.17, 15) is 13.2 Å². The predicted octanol–water partition coefficient (Wildman–Crippen LogP) is 1.07. The first-order chi connectivity index (χ1) is 7.14. The fourth-order valence-electron chi connectivity index (χ4n) is 0.794. The number of amides is 1. The number of aromatic nitrogens is 2. The van der Waals surface area contributed by atoms with E-state index in [2.05, 4.69) is 14.7 Å². The van der Waals surface area contributed by atoms with Crippen LogP contribution in [0.3, 0.4) is 0 Å². The number of rotatable bonds is 2. The van der Waals surface area contributed by atoms with Gasteiger partial charge in [-0.05, 0) is 20.8 Å². The molecule has 1 amide bonds. The Morgan fingerprint density at radius 1 is 1.38 bits per heavy atom. The van der Waals surface area contributed by atoms with Crippen molar-refractivity contribution in [1.29, 1.82) is 0 Å². The number of carbonyl (C=O) groups excluding carboxylic acids is 1. The van der Waals surface area contributed by atoms with Crippen LogP contribution in [0.1, 0.15) is 27.7 Å². The molecule has 8 heteroatoms. The Kier molecular flexibility index (Phi) is 3.34. The largest absolute Gasteiger partial charge is 0.301 e. The number of hydrogen-bond acceptors (Lipinski definition) is 6. The molecule has 6 nitrogen and oxygen atoms in total. The van der Waals surface area contributed by atoms with Gasteiger partial charge in [-0.15, -0.1) is 0 Å². The van der Waals surface area contributed by atoms with E-state index < -0.39 is 14.6 Å². The second-order valence-electron chi connectivity index (χ2n) is 4.18. The zero-order valence-electron chi connectivity index (χ0n) is 9.44. The standard InChI is InChI=1S/C8H13N3O3S2/c1-5(12)9-6-10-7(11-15-6)16(13,14)8(2,3)4/h1-4H3,(H,9,10,11,12). The smallest absolute Gasteiger partial charge is 0.261 e. The van der Waals surface area contributed by atoms with E-state index >= 15 is 0 Å². The fourth-order valence-corrected chi connectivity index (χ4v) is 2.64. The lowest BCUT2D eigenvalue weighted by Gasteiger charge is -2.15. The molecule has 1 aromatic heterocycles. The third-order valence-corrected chi connectivity index (χ3v) is 4.76. The summed E-state index contributed by atoms with van der Waals surface area (Å²) in [6.45, 7) is 6.03. The monoisotopic (exact) mass is 263 g/mol. The summed E-state index contributed by atoms with van der Waals surface area (Å²) in [5, 5.41) is 2.34. The van der Waals surface area contributed by atoms with Crippen molar-refractivity contribution in [1.82, 2.24) is 9.36 Å². The van der Waals surface area contributed by atoms with Gasteiger partial charge in [-0.25, -0.2) is 8.42 Å². The molecule has 1 rings (SSSR count). The van der Waals surface area contributed by atoms with Crippen LogP contribution in [-0.4, -0.2) is 28.4 Å². The number of anilines is 1. The van der Waals surface area contributed by atoms with E-state index in [-0.39, 0.29) is 16.2 Å². The summed E-state index contributed by atoms with van der Waals surface area (Å²) in [6.07, 6.45) is 0. The Balaban J connectivity index is 3.08. The Bertz CT molecular complexity index is 499. The molecule has 1 N–H and O–H groups in total. The van der Waals surface area contributed by atoms with Gasteiger partial charge in [-0.3, -0.25) is 4.79 Å². The number of carbonyl (C=O) groups is 1. The molecule has 0 aliphatic rings. The van der Waals surface area contributed by atoms with Crippen LogP contribution in [0.2, 0.25) is 0 Å². The molecular weight excluding hydrogens is 250 g/mol. The van der Waals surface area contributed by atoms with Gasteiger partial charge in [-0.2, -0.15) is 9.36 Å². The van der Waals surface area contributed by atoms with Crippen LogP contribution in [-0.2, 0) is 14.6 Å². The van der Waals surface area contributed by atoms with Crippen LogP contribution in [0.5, 0.6) is 0 Å². The fraction of sp³-hybridized carbons (Fsp3) is 0.625. The normalized spacial score (nSPS) is 12.5. The third kappa shape index (κ3) is 2.56. The minimum absolute atomic E-state index is 0.190. The zero-order valence-corrected chi connectivity index (χ0v) is 11.1. The Morgan fingerprint density at radius 2 is 1.94 bits per heavy atom. The van der Waals surface area contributed by atoms with E-state index in [1.54, 1.807) is 20.8 Å². The first-order valence-corrected chi connectivity index (χ1v) is 6.76. The van der Waals surface area contributed by atoms with Crippen molar-refractivity contribution in [2.45, 2.75) is 37.6 Å². The van der Waals surface area contributed by atoms with Crippen molar-refractivity contribution < 1.29 is 13.2 Å². The number of nitrogens with one attached hydrogen (secondary N) is 1. The van der Waals surface area contributed by atoms with Gasteiger partial charge >= 0.3 is 0 Å². The zero-order chi connectivity index (χ0) is 12.6. The van der Waals surface area contributed by atoms with Gasteiger partial charge in [0.2, 0.25) is 20.9 Å². The molecular formula is C8H13N3O3S2. The van der Waals surface area contributed by atoms with Crippen LogP contribution >= 0.6 is 11.5 Å². The van der Waals surface area contributed by atoms with Crippen LogP contribution in [0, 0.1) is 0 Å². The molecule has 0 aromatic carbocycles. The van der Waals surface area contributed by atoms with Crippen molar-refractivity contribution in [2.24, 2.45) is 0 Å². The summed E-state index contributed by atoms with van der Waals surface area (Å²) >= 11 is 0.849. The van der Waals surface area contributed by atoms with Crippen molar-refractivity contribution >= 4 is 32.4 Å². The molecule has 0 saturated carbocycles. The molecule has 0 aliphatic heterocycles. The Hall–Kier alpha value is -1.02. The lowest BCUT2D eigenvalue weighted by atomic mass is 10.3. The molecule has 0 aliphatic carbocycles. The van der Waals surface area contributed by atoms with Gasteiger partial charge in [-0.1, -0.05) is 0 Å². The molecule has 0 atom stereocenters. The van der Waals surface area contributed by atoms with Crippen molar-refractivity contribution in [3.63, 3.8) is 0 Å². The molecule has 0 spiro atoms. The van der Waals surface area contributed by atoms with Gasteiger partial charge in [0.25, 0.3) is 5.16 Å². The highest BCUT2D eigenvalue weighted by atomic mass is 32.2. The molecule has 1 heterocycles. The van der Waals surface area contributed by atoms with Crippen LogP contribution in [0.15, 0.2) is 5.16 Å². The summed E-state index contributed by atoms with van der Waals surface area (Å²) in [4.78, 5) is 14.5. The van der Waals surface area contributed by atoms with Crippen LogP contribution in [0.4, 0.5) is 5.13 Å². The average molecular weight is 263 g/mol. The van der Waals surface area contributed by atoms with Crippen molar-refractivity contribution in [3.05, 3.63) is 0 Å². The molecule has 0 unspecified atom stereocenters. The molecule has 16 heavy (non-hydrogen) atoms. The summed E-state index contributed by atoms with van der Waals surface area (Å²) in [7, 11) is -3.55. The minimum Gasteiger partial charge on any atom is -0.301 e. The highest BCUT2D eigenvalue weighted by molar-refractivity contribution is 7.92. The van der Waals surface area contributed by atoms with Crippen molar-refractivity contribution in [3.8, 4) is 0 Å². The van der Waals surface area contributed by atoms with Crippen LogP contribution in [0.25, 0.3) is 0 Å². The summed E-state index contributed by atoms with van der Waals surface area (Å²) in [5.41, 5.74) is 0. The summed E-state index contributed by atoms with van der Waals surface area (Å²) in [5.74, 6) is -0.309. The second kappa shape index (κ2) is 4.10. The molecule has 0 bridgehead atoms. The predicted molar refractivity (Wildman–Crippen MR) is 61.2 cm³/mol. The molecule has 0 saturated heterocycles. The van der Waals surface area contributed by atoms with E-state index in [1.807, 2.05) is 0 Å². The van der Waals surface area contributed by atoms with E-state index in [0.29, 0.717) is 0 Å². The first kappa shape index (κ1) is 13.0. The number of sulfone groups is 1.